The molecule has 0 aliphatic carbocycles. The number of carbonyl (C=O) groups excluding carboxylic acids is 3. The maximum atomic E-state index is 13.1. The predicted octanol–water partition coefficient (Wildman–Crippen LogP) is 4.19. The molecule has 11 heteroatoms. The minimum Gasteiger partial charge on any atom is -0.465 e. The van der Waals surface area contributed by atoms with Crippen LogP contribution in [0.1, 0.15) is 60.1 Å². The van der Waals surface area contributed by atoms with Crippen LogP contribution >= 0.6 is 11.8 Å². The molecule has 0 aromatic heterocycles. The highest BCUT2D eigenvalue weighted by Crippen LogP contribution is 2.44. The summed E-state index contributed by atoms with van der Waals surface area (Å²) in [5.41, 5.74) is -0.546. The molecular weight excluding hydrogens is 524 g/mol. The van der Waals surface area contributed by atoms with Crippen LogP contribution in [0.25, 0.3) is 0 Å². The number of aliphatic hydroxyl groups excluding tert-OH is 1. The monoisotopic (exact) mass is 556 g/mol. The second-order valence-corrected chi connectivity index (χ2v) is 11.0. The first kappa shape index (κ1) is 28.6. The van der Waals surface area contributed by atoms with Gasteiger partial charge in [0, 0.05) is 6.54 Å². The Labute approximate surface area is 231 Å². The van der Waals surface area contributed by atoms with Crippen LogP contribution in [0.5, 0.6) is 0 Å². The molecule has 5 atom stereocenters. The third-order valence-corrected chi connectivity index (χ3v) is 7.27. The van der Waals surface area contributed by atoms with E-state index in [9.17, 15) is 19.5 Å². The topological polar surface area (TPSA) is 124 Å². The van der Waals surface area contributed by atoms with Gasteiger partial charge in [-0.05, 0) is 51.5 Å². The lowest BCUT2D eigenvalue weighted by Crippen LogP contribution is -2.53. The van der Waals surface area contributed by atoms with Gasteiger partial charge in [-0.1, -0.05) is 48.2 Å². The highest BCUT2D eigenvalue weighted by atomic mass is 32.2. The number of nitrogens with zero attached hydrogens (tertiary/aromatic N) is 2. The number of esters is 2. The average molecular weight is 557 g/mol. The Kier molecular flexibility index (Phi) is 8.63. The second kappa shape index (κ2) is 11.8. The van der Waals surface area contributed by atoms with E-state index in [1.54, 1.807) is 82.3 Å². The van der Waals surface area contributed by atoms with E-state index < -0.39 is 53.4 Å². The Morgan fingerprint density at radius 2 is 1.72 bits per heavy atom. The van der Waals surface area contributed by atoms with Crippen molar-refractivity contribution in [3.63, 3.8) is 0 Å². The van der Waals surface area contributed by atoms with Crippen molar-refractivity contribution in [3.8, 4) is 0 Å². The highest BCUT2D eigenvalue weighted by Gasteiger charge is 2.52. The Morgan fingerprint density at radius 1 is 1.05 bits per heavy atom. The van der Waals surface area contributed by atoms with E-state index in [1.165, 1.54) is 12.0 Å². The maximum absolute atomic E-state index is 13.1. The Bertz CT molecular complexity index is 1250. The summed E-state index contributed by atoms with van der Waals surface area (Å²) >= 11 is 1.16. The van der Waals surface area contributed by atoms with Crippen LogP contribution < -0.4 is 0 Å². The number of aliphatic hydroxyl groups is 1. The molecule has 1 saturated heterocycles. The van der Waals surface area contributed by atoms with Gasteiger partial charge in [-0.25, -0.2) is 14.4 Å². The predicted molar refractivity (Wildman–Crippen MR) is 144 cm³/mol. The molecule has 1 fully saturated rings. The zero-order valence-electron chi connectivity index (χ0n) is 22.4. The van der Waals surface area contributed by atoms with Gasteiger partial charge in [0.2, 0.25) is 0 Å². The molecule has 0 radical (unpaired) electrons. The van der Waals surface area contributed by atoms with Crippen LogP contribution in [-0.2, 0) is 18.9 Å². The van der Waals surface area contributed by atoms with Crippen molar-refractivity contribution in [2.75, 3.05) is 13.7 Å². The molecule has 208 valence electrons. The summed E-state index contributed by atoms with van der Waals surface area (Å²) in [7, 11) is 1.27. The molecule has 0 unspecified atom stereocenters. The minimum absolute atomic E-state index is 0.212. The van der Waals surface area contributed by atoms with Crippen molar-refractivity contribution in [2.24, 2.45) is 4.99 Å². The molecule has 2 heterocycles. The smallest absolute Gasteiger partial charge is 0.416 e. The second-order valence-electron chi connectivity index (χ2n) is 9.98. The molecule has 1 amide bonds. The molecule has 1 N–H and O–H groups in total. The summed E-state index contributed by atoms with van der Waals surface area (Å²) in [6.45, 7) is 7.36. The van der Waals surface area contributed by atoms with Crippen LogP contribution in [-0.4, -0.2) is 76.1 Å². The SMILES string of the molecule is CCN(C(=O)OC(C)(C)C)C1=N[C@@H]2[C@@H](O)[C@H](OC(=O)c3ccccc3)[C@@H](c3ccccc3C(=O)OC)O[C@@H]2S1. The van der Waals surface area contributed by atoms with Crippen LogP contribution in [0, 0.1) is 0 Å². The van der Waals surface area contributed by atoms with Crippen LogP contribution in [0.4, 0.5) is 4.79 Å². The van der Waals surface area contributed by atoms with Gasteiger partial charge in [0.05, 0.1) is 18.2 Å². The van der Waals surface area contributed by atoms with Gasteiger partial charge in [-0.3, -0.25) is 9.89 Å². The molecule has 39 heavy (non-hydrogen) atoms. The number of amidine groups is 1. The summed E-state index contributed by atoms with van der Waals surface area (Å²) in [4.78, 5) is 44.4. The Balaban J connectivity index is 1.69. The molecule has 2 aromatic rings. The van der Waals surface area contributed by atoms with Gasteiger partial charge in [0.15, 0.2) is 11.3 Å². The lowest BCUT2D eigenvalue weighted by molar-refractivity contribution is -0.158. The first-order valence-corrected chi connectivity index (χ1v) is 13.4. The van der Waals surface area contributed by atoms with Crippen molar-refractivity contribution in [1.29, 1.82) is 0 Å². The molecule has 2 aromatic carbocycles. The average Bonchev–Trinajstić information content (AvgIpc) is 3.33. The van der Waals surface area contributed by atoms with Crippen LogP contribution in [0.15, 0.2) is 59.6 Å². The summed E-state index contributed by atoms with van der Waals surface area (Å²) < 4.78 is 22.7. The number of hydrogen-bond acceptors (Lipinski definition) is 10. The van der Waals surface area contributed by atoms with Gasteiger partial charge in [0.25, 0.3) is 0 Å². The summed E-state index contributed by atoms with van der Waals surface area (Å²) in [5, 5.41) is 11.8. The number of aliphatic imine (C=N–C) groups is 1. The highest BCUT2D eigenvalue weighted by molar-refractivity contribution is 8.14. The van der Waals surface area contributed by atoms with E-state index >= 15 is 0 Å². The fourth-order valence-electron chi connectivity index (χ4n) is 4.31. The van der Waals surface area contributed by atoms with E-state index in [2.05, 4.69) is 4.99 Å². The van der Waals surface area contributed by atoms with Gasteiger partial charge < -0.3 is 24.1 Å². The number of thioether (sulfide) groups is 1. The number of benzene rings is 2. The number of amides is 1. The number of fused-ring (bicyclic) bond motifs is 1. The Morgan fingerprint density at radius 3 is 2.36 bits per heavy atom. The lowest BCUT2D eigenvalue weighted by Gasteiger charge is -2.40. The summed E-state index contributed by atoms with van der Waals surface area (Å²) in [5.74, 6) is -1.27. The first-order valence-electron chi connectivity index (χ1n) is 12.6. The molecule has 2 aliphatic rings. The standard InChI is InChI=1S/C28H32N2O8S/c1-6-30(27(34)38-28(2,3)4)26-29-19-20(31)22(36-23(32)16-12-8-7-9-13-16)21(37-25(19)39-26)17-14-10-11-15-18(17)24(33)35-5/h7-15,19-22,25,31H,6H2,1-5H3/t19-,20-,21-,22+,25-/m1/s1. The minimum atomic E-state index is -1.31. The van der Waals surface area contributed by atoms with Gasteiger partial charge in [-0.2, -0.15) is 0 Å². The molecular formula is C28H32N2O8S. The zero-order chi connectivity index (χ0) is 28.3. The van der Waals surface area contributed by atoms with Crippen molar-refractivity contribution < 1.29 is 38.4 Å². The van der Waals surface area contributed by atoms with Crippen LogP contribution in [0.3, 0.4) is 0 Å². The number of methoxy groups -OCH3 is 1. The zero-order valence-corrected chi connectivity index (χ0v) is 23.2. The van der Waals surface area contributed by atoms with E-state index in [1.807, 2.05) is 0 Å². The van der Waals surface area contributed by atoms with E-state index in [4.69, 9.17) is 18.9 Å². The number of ether oxygens (including phenoxy) is 4. The van der Waals surface area contributed by atoms with E-state index in [0.29, 0.717) is 16.3 Å². The van der Waals surface area contributed by atoms with E-state index in [0.717, 1.165) is 11.8 Å². The quantitative estimate of drug-likeness (QED) is 0.426. The molecule has 2 aliphatic heterocycles. The van der Waals surface area contributed by atoms with Crippen molar-refractivity contribution >= 4 is 35.0 Å². The van der Waals surface area contributed by atoms with Crippen molar-refractivity contribution in [3.05, 3.63) is 71.3 Å². The van der Waals surface area contributed by atoms with Crippen molar-refractivity contribution in [2.45, 2.75) is 63.1 Å². The normalized spacial score (nSPS) is 24.3. The fraction of sp³-hybridized carbons (Fsp3) is 0.429. The maximum Gasteiger partial charge on any atom is 0.416 e. The molecule has 0 bridgehead atoms. The van der Waals surface area contributed by atoms with E-state index in [-0.39, 0.29) is 12.1 Å². The molecule has 0 saturated carbocycles. The largest absolute Gasteiger partial charge is 0.465 e. The molecule has 0 spiro atoms. The first-order chi connectivity index (χ1) is 18.5. The van der Waals surface area contributed by atoms with Crippen LogP contribution in [0.2, 0.25) is 0 Å². The third kappa shape index (κ3) is 6.26. The number of rotatable bonds is 5. The third-order valence-electron chi connectivity index (χ3n) is 6.11. The fourth-order valence-corrected chi connectivity index (χ4v) is 5.57. The summed E-state index contributed by atoms with van der Waals surface area (Å²) in [6, 6.07) is 14.1. The van der Waals surface area contributed by atoms with Gasteiger partial charge >= 0.3 is 18.0 Å². The Hall–Kier alpha value is -3.41. The number of carbonyl (C=O) groups is 3. The lowest BCUT2D eigenvalue weighted by atomic mass is 9.90. The molecule has 4 rings (SSSR count). The summed E-state index contributed by atoms with van der Waals surface area (Å²) in [6.07, 6.45) is -4.13. The molecule has 10 nitrogen and oxygen atoms in total. The number of hydrogen-bond donors (Lipinski definition) is 1. The van der Waals surface area contributed by atoms with Crippen molar-refractivity contribution in [1.82, 2.24) is 4.90 Å². The van der Waals surface area contributed by atoms with Gasteiger partial charge in [0.1, 0.15) is 29.3 Å². The van der Waals surface area contributed by atoms with Gasteiger partial charge in [-0.15, -0.1) is 0 Å².